The molecule has 0 N–H and O–H groups in total. The quantitative estimate of drug-likeness (QED) is 0.253. The van der Waals surface area contributed by atoms with Gasteiger partial charge in [0.2, 0.25) is 0 Å². The smallest absolute Gasteiger partial charge is 0.454 e. The lowest BCUT2D eigenvalue weighted by molar-refractivity contribution is -0.143. The van der Waals surface area contributed by atoms with Crippen molar-refractivity contribution in [3.8, 4) is 0 Å². The number of esters is 1. The lowest BCUT2D eigenvalue weighted by Gasteiger charge is -2.31. The van der Waals surface area contributed by atoms with E-state index in [1.54, 1.807) is 6.92 Å². The van der Waals surface area contributed by atoms with Gasteiger partial charge in [-0.2, -0.15) is 0 Å². The average Bonchev–Trinajstić information content (AvgIpc) is 2.63. The van der Waals surface area contributed by atoms with Gasteiger partial charge in [-0.05, 0) is 34.1 Å². The molecule has 0 aromatic rings. The van der Waals surface area contributed by atoms with Crippen molar-refractivity contribution in [2.75, 3.05) is 41.2 Å². The summed E-state index contributed by atoms with van der Waals surface area (Å²) in [6.07, 6.45) is 0.556. The molecule has 0 aromatic carbocycles. The van der Waals surface area contributed by atoms with E-state index in [9.17, 15) is 4.79 Å². The number of ether oxygens (including phenoxy) is 1. The van der Waals surface area contributed by atoms with Crippen LogP contribution in [0, 0.1) is 0 Å². The van der Waals surface area contributed by atoms with Crippen LogP contribution < -0.4 is 0 Å². The number of hydrogen-bond acceptors (Lipinski definition) is 8. The zero-order valence-corrected chi connectivity index (χ0v) is 20.4. The maximum Gasteiger partial charge on any atom is 0.543 e. The van der Waals surface area contributed by atoms with Crippen molar-refractivity contribution in [2.45, 2.75) is 53.3 Å². The Balaban J connectivity index is 0. The summed E-state index contributed by atoms with van der Waals surface area (Å²) < 4.78 is 37.2. The standard InChI is InChI=1S/C10H20O5Si.C7H18O3Si/c1-7-9(15-10(11)8(2)3)16(12-4,13-5)14-6;1-5-8-11(4,9-6-2)10-7-3/h9H,2,7H2,1,3-6H3;5-7H2,1-4H3. The van der Waals surface area contributed by atoms with Gasteiger partial charge in [0.15, 0.2) is 5.73 Å². The van der Waals surface area contributed by atoms with Crippen LogP contribution in [0.1, 0.15) is 41.0 Å². The molecule has 1 unspecified atom stereocenters. The number of rotatable bonds is 13. The van der Waals surface area contributed by atoms with E-state index in [0.717, 1.165) is 0 Å². The van der Waals surface area contributed by atoms with Crippen molar-refractivity contribution in [2.24, 2.45) is 0 Å². The van der Waals surface area contributed by atoms with E-state index in [4.69, 9.17) is 31.3 Å². The summed E-state index contributed by atoms with van der Waals surface area (Å²) in [6, 6.07) is 0. The third-order valence-electron chi connectivity index (χ3n) is 3.44. The fraction of sp³-hybridized carbons (Fsp3) is 0.824. The van der Waals surface area contributed by atoms with Gasteiger partial charge in [-0.1, -0.05) is 13.5 Å². The Hall–Kier alpha value is -0.596. The monoisotopic (exact) mass is 426 g/mol. The first kappa shape index (κ1) is 28.6. The molecule has 0 aromatic heterocycles. The Bertz CT molecular complexity index is 390. The second-order valence-corrected chi connectivity index (χ2v) is 11.1. The molecule has 162 valence electrons. The van der Waals surface area contributed by atoms with E-state index in [-0.39, 0.29) is 0 Å². The minimum Gasteiger partial charge on any atom is -0.454 e. The molecule has 1 atom stereocenters. The van der Waals surface area contributed by atoms with Crippen LogP contribution in [0.3, 0.4) is 0 Å². The number of carbonyl (C=O) groups is 1. The van der Waals surface area contributed by atoms with E-state index >= 15 is 0 Å². The van der Waals surface area contributed by atoms with Crippen LogP contribution in [0.25, 0.3) is 0 Å². The summed E-state index contributed by atoms with van der Waals surface area (Å²) in [5.74, 6) is -0.463. The molecule has 0 aliphatic carbocycles. The van der Waals surface area contributed by atoms with Crippen molar-refractivity contribution in [1.82, 2.24) is 0 Å². The molecule has 0 aliphatic heterocycles. The van der Waals surface area contributed by atoms with Gasteiger partial charge in [-0.25, -0.2) is 4.79 Å². The summed E-state index contributed by atoms with van der Waals surface area (Å²) in [6.45, 7) is 16.7. The highest BCUT2D eigenvalue weighted by molar-refractivity contribution is 6.62. The third kappa shape index (κ3) is 10.5. The lowest BCUT2D eigenvalue weighted by Crippen LogP contribution is -2.56. The minimum atomic E-state index is -2.94. The lowest BCUT2D eigenvalue weighted by atomic mass is 10.4. The second kappa shape index (κ2) is 15.3. The molecule has 0 amide bonds. The van der Waals surface area contributed by atoms with Crippen LogP contribution in [-0.2, 0) is 36.1 Å². The van der Waals surface area contributed by atoms with Gasteiger partial charge in [0.1, 0.15) is 0 Å². The molecule has 0 radical (unpaired) electrons. The molecule has 8 nitrogen and oxygen atoms in total. The summed E-state index contributed by atoms with van der Waals surface area (Å²) in [7, 11) is -0.741. The van der Waals surface area contributed by atoms with Crippen LogP contribution in [0.5, 0.6) is 0 Å². The fourth-order valence-electron chi connectivity index (χ4n) is 2.19. The summed E-state index contributed by atoms with van der Waals surface area (Å²) in [4.78, 5) is 11.4. The van der Waals surface area contributed by atoms with E-state index in [1.807, 2.05) is 34.2 Å². The van der Waals surface area contributed by atoms with Gasteiger partial charge in [0, 0.05) is 53.3 Å². The number of hydrogen-bond donors (Lipinski definition) is 0. The van der Waals surface area contributed by atoms with Crippen LogP contribution in [0.2, 0.25) is 6.55 Å². The van der Waals surface area contributed by atoms with Crippen LogP contribution >= 0.6 is 0 Å². The SMILES string of the molecule is C=C(C)C(=O)OC(CC)[Si](OC)(OC)OC.CCO[Si](C)(OCC)OCC. The highest BCUT2D eigenvalue weighted by Gasteiger charge is 2.49. The Morgan fingerprint density at radius 2 is 1.26 bits per heavy atom. The molecule has 10 heteroatoms. The van der Waals surface area contributed by atoms with Crippen molar-refractivity contribution in [3.05, 3.63) is 12.2 Å². The molecule has 0 fully saturated rings. The third-order valence-corrected chi connectivity index (χ3v) is 8.90. The fourth-order valence-corrected chi connectivity index (χ4v) is 6.05. The van der Waals surface area contributed by atoms with Gasteiger partial charge in [-0.3, -0.25) is 0 Å². The Labute approximate surface area is 166 Å². The molecule has 0 bridgehead atoms. The van der Waals surface area contributed by atoms with Crippen LogP contribution in [0.4, 0.5) is 0 Å². The van der Waals surface area contributed by atoms with E-state index in [0.29, 0.717) is 31.8 Å². The molecule has 0 saturated heterocycles. The average molecular weight is 427 g/mol. The second-order valence-electron chi connectivity index (χ2n) is 5.46. The molecule has 0 rings (SSSR count). The van der Waals surface area contributed by atoms with Crippen molar-refractivity contribution < 1.29 is 36.1 Å². The van der Waals surface area contributed by atoms with Gasteiger partial charge < -0.3 is 31.3 Å². The van der Waals surface area contributed by atoms with Gasteiger partial charge in [0.05, 0.1) is 0 Å². The zero-order chi connectivity index (χ0) is 21.5. The predicted molar refractivity (Wildman–Crippen MR) is 108 cm³/mol. The molecule has 0 heterocycles. The Morgan fingerprint density at radius 3 is 1.48 bits per heavy atom. The Morgan fingerprint density at radius 1 is 0.889 bits per heavy atom. The van der Waals surface area contributed by atoms with E-state index in [2.05, 4.69) is 6.58 Å². The molecule has 27 heavy (non-hydrogen) atoms. The molecule has 0 spiro atoms. The minimum absolute atomic E-state index is 0.338. The first-order valence-corrected chi connectivity index (χ1v) is 13.1. The maximum absolute atomic E-state index is 11.4. The molecule has 0 aliphatic rings. The number of carbonyl (C=O) groups excluding carboxylic acids is 1. The summed E-state index contributed by atoms with van der Waals surface area (Å²) in [5, 5.41) is 0. The first-order valence-electron chi connectivity index (χ1n) is 9.09. The highest BCUT2D eigenvalue weighted by Crippen LogP contribution is 2.19. The molecule has 0 saturated carbocycles. The normalized spacial score (nSPS) is 12.8. The summed E-state index contributed by atoms with van der Waals surface area (Å²) in [5.41, 5.74) is -0.179. The zero-order valence-electron chi connectivity index (χ0n) is 18.4. The van der Waals surface area contributed by atoms with Crippen LogP contribution in [0.15, 0.2) is 12.2 Å². The topological polar surface area (TPSA) is 81.7 Å². The van der Waals surface area contributed by atoms with Crippen LogP contribution in [-0.4, -0.2) is 70.5 Å². The maximum atomic E-state index is 11.4. The summed E-state index contributed by atoms with van der Waals surface area (Å²) >= 11 is 0. The molecular weight excluding hydrogens is 388 g/mol. The van der Waals surface area contributed by atoms with Crippen molar-refractivity contribution >= 4 is 23.6 Å². The van der Waals surface area contributed by atoms with Crippen molar-refractivity contribution in [3.63, 3.8) is 0 Å². The first-order chi connectivity index (χ1) is 12.6. The van der Waals surface area contributed by atoms with E-state index in [1.165, 1.54) is 21.3 Å². The largest absolute Gasteiger partial charge is 0.543 e. The van der Waals surface area contributed by atoms with E-state index < -0.39 is 29.3 Å². The van der Waals surface area contributed by atoms with Gasteiger partial charge in [-0.15, -0.1) is 0 Å². The van der Waals surface area contributed by atoms with Gasteiger partial charge in [0.25, 0.3) is 0 Å². The highest BCUT2D eigenvalue weighted by atomic mass is 28.4. The molecular formula is C17H38O8Si2. The van der Waals surface area contributed by atoms with Gasteiger partial charge >= 0.3 is 23.6 Å². The predicted octanol–water partition coefficient (Wildman–Crippen LogP) is 2.97. The van der Waals surface area contributed by atoms with Crippen molar-refractivity contribution in [1.29, 1.82) is 0 Å². The Kier molecular flexibility index (Phi) is 16.3.